The number of anilines is 1. The van der Waals surface area contributed by atoms with Crippen LogP contribution in [0.25, 0.3) is 0 Å². The van der Waals surface area contributed by atoms with Crippen molar-refractivity contribution in [3.05, 3.63) is 88.7 Å². The van der Waals surface area contributed by atoms with E-state index in [0.29, 0.717) is 40.6 Å². The van der Waals surface area contributed by atoms with Gasteiger partial charge in [0.15, 0.2) is 17.3 Å². The predicted octanol–water partition coefficient (Wildman–Crippen LogP) is 4.34. The number of carbonyl (C=O) groups is 2. The lowest BCUT2D eigenvalue weighted by Gasteiger charge is -2.14. The number of urea groups is 1. The van der Waals surface area contributed by atoms with Crippen LogP contribution in [-0.4, -0.2) is 44.7 Å². The lowest BCUT2D eigenvalue weighted by Crippen LogP contribution is -2.33. The molecule has 0 saturated heterocycles. The van der Waals surface area contributed by atoms with E-state index in [2.05, 4.69) is 20.9 Å². The van der Waals surface area contributed by atoms with Crippen molar-refractivity contribution in [1.82, 2.24) is 15.6 Å². The van der Waals surface area contributed by atoms with E-state index >= 15 is 0 Å². The Morgan fingerprint density at radius 1 is 1.00 bits per heavy atom. The fraction of sp³-hybridized carbons (Fsp3) is 0.192. The lowest BCUT2D eigenvalue weighted by atomic mass is 10.0. The van der Waals surface area contributed by atoms with E-state index in [9.17, 15) is 9.59 Å². The van der Waals surface area contributed by atoms with E-state index in [0.717, 1.165) is 11.3 Å². The van der Waals surface area contributed by atoms with Gasteiger partial charge in [-0.3, -0.25) is 9.78 Å². The summed E-state index contributed by atoms with van der Waals surface area (Å²) in [7, 11) is 4.48. The predicted molar refractivity (Wildman–Crippen MR) is 139 cm³/mol. The number of nitrogens with one attached hydrogen (secondary N) is 3. The maximum atomic E-state index is 13.2. The summed E-state index contributed by atoms with van der Waals surface area (Å²) in [6.07, 6.45) is 3.55. The molecule has 9 nitrogen and oxygen atoms in total. The third-order valence-electron chi connectivity index (χ3n) is 5.40. The van der Waals surface area contributed by atoms with Crippen LogP contribution in [0.1, 0.15) is 26.9 Å². The minimum atomic E-state index is -0.384. The number of rotatable bonds is 9. The van der Waals surface area contributed by atoms with Crippen molar-refractivity contribution in [3.8, 4) is 17.2 Å². The highest BCUT2D eigenvalue weighted by atomic mass is 32.2. The first-order valence-corrected chi connectivity index (χ1v) is 12.0. The van der Waals surface area contributed by atoms with Gasteiger partial charge in [-0.1, -0.05) is 18.2 Å². The number of thioether (sulfide) groups is 1. The Bertz CT molecular complexity index is 1260. The van der Waals surface area contributed by atoms with E-state index in [4.69, 9.17) is 14.2 Å². The summed E-state index contributed by atoms with van der Waals surface area (Å²) >= 11 is 1.62. The maximum absolute atomic E-state index is 13.2. The van der Waals surface area contributed by atoms with Crippen LogP contribution in [0.3, 0.4) is 0 Å². The van der Waals surface area contributed by atoms with Gasteiger partial charge in [0.1, 0.15) is 5.37 Å². The van der Waals surface area contributed by atoms with Crippen LogP contribution in [0.15, 0.2) is 72.0 Å². The second-order valence-corrected chi connectivity index (χ2v) is 8.70. The van der Waals surface area contributed by atoms with Crippen molar-refractivity contribution < 1.29 is 23.8 Å². The Morgan fingerprint density at radius 3 is 2.44 bits per heavy atom. The molecule has 0 spiro atoms. The van der Waals surface area contributed by atoms with Crippen molar-refractivity contribution in [2.24, 2.45) is 0 Å². The minimum Gasteiger partial charge on any atom is -0.493 e. The molecule has 4 rings (SSSR count). The van der Waals surface area contributed by atoms with Crippen molar-refractivity contribution in [2.75, 3.05) is 33.2 Å². The van der Waals surface area contributed by atoms with Gasteiger partial charge in [0.25, 0.3) is 0 Å². The Hall–Kier alpha value is -4.18. The molecular formula is C26H26N4O5S. The van der Waals surface area contributed by atoms with Gasteiger partial charge in [0, 0.05) is 40.5 Å². The van der Waals surface area contributed by atoms with Crippen LogP contribution < -0.4 is 30.2 Å². The van der Waals surface area contributed by atoms with Gasteiger partial charge in [-0.25, -0.2) is 4.79 Å². The molecule has 0 bridgehead atoms. The number of hydrogen-bond acceptors (Lipinski definition) is 8. The molecule has 3 aromatic rings. The molecule has 0 saturated carbocycles. The molecule has 1 aromatic heterocycles. The van der Waals surface area contributed by atoms with E-state index < -0.39 is 0 Å². The Morgan fingerprint density at radius 2 is 1.78 bits per heavy atom. The van der Waals surface area contributed by atoms with Crippen molar-refractivity contribution in [3.63, 3.8) is 0 Å². The SMILES string of the molecule is COc1cc(C(=O)c2cccc(NC(=O)NCC3=CSC(c4cccnc4)N3)c2)cc(OC)c1OC. The average Bonchev–Trinajstić information content (AvgIpc) is 3.40. The number of benzene rings is 2. The average molecular weight is 507 g/mol. The first kappa shape index (κ1) is 24.9. The number of pyridine rings is 1. The summed E-state index contributed by atoms with van der Waals surface area (Å²) in [5, 5.41) is 11.0. The van der Waals surface area contributed by atoms with Crippen molar-refractivity contribution in [2.45, 2.75) is 5.37 Å². The lowest BCUT2D eigenvalue weighted by molar-refractivity contribution is 0.103. The van der Waals surface area contributed by atoms with Gasteiger partial charge < -0.3 is 30.2 Å². The molecule has 1 atom stereocenters. The largest absolute Gasteiger partial charge is 0.493 e. The van der Waals surface area contributed by atoms with Gasteiger partial charge in [0.2, 0.25) is 5.75 Å². The summed E-state index contributed by atoms with van der Waals surface area (Å²) in [5.41, 5.74) is 3.22. The first-order chi connectivity index (χ1) is 17.5. The van der Waals surface area contributed by atoms with Crippen molar-refractivity contribution in [1.29, 1.82) is 0 Å². The van der Waals surface area contributed by atoms with Crippen LogP contribution in [0.2, 0.25) is 0 Å². The summed E-state index contributed by atoms with van der Waals surface area (Å²) in [4.78, 5) is 29.8. The van der Waals surface area contributed by atoms with Crippen LogP contribution in [0.5, 0.6) is 17.2 Å². The fourth-order valence-electron chi connectivity index (χ4n) is 3.64. The Labute approximate surface area is 213 Å². The van der Waals surface area contributed by atoms with E-state index in [1.807, 2.05) is 23.7 Å². The molecule has 10 heteroatoms. The Balaban J connectivity index is 1.37. The molecule has 2 aromatic carbocycles. The van der Waals surface area contributed by atoms with Crippen LogP contribution in [0, 0.1) is 0 Å². The maximum Gasteiger partial charge on any atom is 0.319 e. The fourth-order valence-corrected chi connectivity index (χ4v) is 4.61. The quantitative estimate of drug-likeness (QED) is 0.368. The van der Waals surface area contributed by atoms with Gasteiger partial charge in [-0.2, -0.15) is 0 Å². The standard InChI is InChI=1S/C26H26N4O5S/c1-33-21-11-18(12-22(34-2)24(21)35-3)23(31)16-6-4-8-19(10-16)30-26(32)28-14-20-15-36-25(29-20)17-7-5-9-27-13-17/h4-13,15,25,29H,14H2,1-3H3,(H2,28,30,32). The molecule has 186 valence electrons. The first-order valence-electron chi connectivity index (χ1n) is 11.0. The van der Waals surface area contributed by atoms with Crippen LogP contribution in [-0.2, 0) is 0 Å². The second kappa shape index (κ2) is 11.5. The minimum absolute atomic E-state index is 0.0662. The number of ether oxygens (including phenoxy) is 3. The molecule has 0 aliphatic carbocycles. The molecule has 0 radical (unpaired) electrons. The molecule has 1 aliphatic heterocycles. The number of hydrogen-bond donors (Lipinski definition) is 3. The molecular weight excluding hydrogens is 480 g/mol. The van der Waals surface area contributed by atoms with E-state index in [-0.39, 0.29) is 17.2 Å². The smallest absolute Gasteiger partial charge is 0.319 e. The molecule has 2 amide bonds. The normalized spacial score (nSPS) is 14.3. The van der Waals surface area contributed by atoms with Crippen LogP contribution in [0.4, 0.5) is 10.5 Å². The van der Waals surface area contributed by atoms with Crippen LogP contribution >= 0.6 is 11.8 Å². The molecule has 1 aliphatic rings. The summed E-state index contributed by atoms with van der Waals surface area (Å²) in [6.45, 7) is 0.333. The highest BCUT2D eigenvalue weighted by molar-refractivity contribution is 8.02. The summed E-state index contributed by atoms with van der Waals surface area (Å²) in [6, 6.07) is 13.4. The number of carbonyl (C=O) groups excluding carboxylic acids is 2. The van der Waals surface area contributed by atoms with Gasteiger partial charge in [-0.15, -0.1) is 11.8 Å². The van der Waals surface area contributed by atoms with Gasteiger partial charge >= 0.3 is 6.03 Å². The highest BCUT2D eigenvalue weighted by Gasteiger charge is 2.20. The third-order valence-corrected chi connectivity index (χ3v) is 6.48. The number of nitrogens with zero attached hydrogens (tertiary/aromatic N) is 1. The third kappa shape index (κ3) is 5.72. The highest BCUT2D eigenvalue weighted by Crippen LogP contribution is 2.39. The number of amides is 2. The summed E-state index contributed by atoms with van der Waals surface area (Å²) in [5.74, 6) is 0.915. The Kier molecular flexibility index (Phi) is 7.96. The van der Waals surface area contributed by atoms with Crippen molar-refractivity contribution >= 4 is 29.3 Å². The van der Waals surface area contributed by atoms with E-state index in [1.54, 1.807) is 54.4 Å². The zero-order valence-corrected chi connectivity index (χ0v) is 20.8. The summed E-state index contributed by atoms with van der Waals surface area (Å²) < 4.78 is 16.0. The van der Waals surface area contributed by atoms with Gasteiger partial charge in [0.05, 0.1) is 27.9 Å². The number of ketones is 1. The second-order valence-electron chi connectivity index (χ2n) is 7.72. The molecule has 2 heterocycles. The number of aromatic nitrogens is 1. The van der Waals surface area contributed by atoms with E-state index in [1.165, 1.54) is 21.3 Å². The molecule has 3 N–H and O–H groups in total. The zero-order valence-electron chi connectivity index (χ0n) is 20.0. The topological polar surface area (TPSA) is 111 Å². The molecule has 0 fully saturated rings. The number of methoxy groups -OCH3 is 3. The monoisotopic (exact) mass is 506 g/mol. The molecule has 1 unspecified atom stereocenters. The zero-order chi connectivity index (χ0) is 25.5. The molecule has 36 heavy (non-hydrogen) atoms. The van der Waals surface area contributed by atoms with Gasteiger partial charge in [-0.05, 0) is 35.7 Å².